The summed E-state index contributed by atoms with van der Waals surface area (Å²) in [5, 5.41) is 12.1. The normalized spacial score (nSPS) is 19.7. The summed E-state index contributed by atoms with van der Waals surface area (Å²) < 4.78 is 5.72. The van der Waals surface area contributed by atoms with E-state index in [2.05, 4.69) is 4.98 Å². The van der Waals surface area contributed by atoms with Crippen LogP contribution in [0.5, 0.6) is 5.75 Å². The van der Waals surface area contributed by atoms with Crippen molar-refractivity contribution in [3.05, 3.63) is 45.9 Å². The molecule has 0 saturated carbocycles. The van der Waals surface area contributed by atoms with Crippen LogP contribution < -0.4 is 4.74 Å². The summed E-state index contributed by atoms with van der Waals surface area (Å²) in [5.74, 6) is -0.00826. The van der Waals surface area contributed by atoms with Crippen LogP contribution in [0.2, 0.25) is 0 Å². The van der Waals surface area contributed by atoms with Crippen molar-refractivity contribution in [2.45, 2.75) is 45.8 Å². The Balaban J connectivity index is 1.57. The molecule has 1 amide bonds. The zero-order valence-electron chi connectivity index (χ0n) is 15.6. The van der Waals surface area contributed by atoms with E-state index < -0.39 is 12.0 Å². The number of nitrogens with zero attached hydrogens (tertiary/aromatic N) is 2. The predicted molar refractivity (Wildman–Crippen MR) is 103 cm³/mol. The maximum atomic E-state index is 12.6. The Hall–Kier alpha value is -2.41. The molecule has 1 aromatic carbocycles. The molecule has 0 bridgehead atoms. The van der Waals surface area contributed by atoms with Gasteiger partial charge in [-0.2, -0.15) is 0 Å². The first-order valence-electron chi connectivity index (χ1n) is 9.07. The maximum Gasteiger partial charge on any atom is 0.326 e. The van der Waals surface area contributed by atoms with Crippen LogP contribution in [-0.2, 0) is 22.6 Å². The second kappa shape index (κ2) is 8.52. The number of carboxylic acids is 1. The number of hydrogen-bond acceptors (Lipinski definition) is 5. The predicted octanol–water partition coefficient (Wildman–Crippen LogP) is 3.28. The highest BCUT2D eigenvalue weighted by Crippen LogP contribution is 2.24. The van der Waals surface area contributed by atoms with Crippen LogP contribution in [0.3, 0.4) is 0 Å². The van der Waals surface area contributed by atoms with Crippen LogP contribution in [0.1, 0.15) is 36.0 Å². The highest BCUT2D eigenvalue weighted by molar-refractivity contribution is 7.09. The van der Waals surface area contributed by atoms with Gasteiger partial charge in [0.2, 0.25) is 5.91 Å². The summed E-state index contributed by atoms with van der Waals surface area (Å²) in [7, 11) is 0. The Morgan fingerprint density at radius 3 is 2.78 bits per heavy atom. The van der Waals surface area contributed by atoms with Gasteiger partial charge in [-0.15, -0.1) is 11.3 Å². The molecule has 2 unspecified atom stereocenters. The van der Waals surface area contributed by atoms with Crippen molar-refractivity contribution in [3.63, 3.8) is 0 Å². The molecule has 7 heteroatoms. The first kappa shape index (κ1) is 19.4. The molecule has 1 aliphatic rings. The summed E-state index contributed by atoms with van der Waals surface area (Å²) in [6.07, 6.45) is 1.47. The molecule has 1 aliphatic heterocycles. The van der Waals surface area contributed by atoms with Gasteiger partial charge in [0.25, 0.3) is 0 Å². The fraction of sp³-hybridized carbons (Fsp3) is 0.450. The van der Waals surface area contributed by atoms with Gasteiger partial charge in [0.1, 0.15) is 23.4 Å². The highest BCUT2D eigenvalue weighted by atomic mass is 32.1. The van der Waals surface area contributed by atoms with Gasteiger partial charge >= 0.3 is 5.97 Å². The smallest absolute Gasteiger partial charge is 0.326 e. The first-order chi connectivity index (χ1) is 12.9. The Morgan fingerprint density at radius 2 is 2.07 bits per heavy atom. The van der Waals surface area contributed by atoms with Gasteiger partial charge in [-0.25, -0.2) is 9.78 Å². The van der Waals surface area contributed by atoms with E-state index in [9.17, 15) is 14.7 Å². The van der Waals surface area contributed by atoms with E-state index in [1.807, 2.05) is 43.5 Å². The zero-order chi connectivity index (χ0) is 19.4. The number of aliphatic carboxylic acids is 1. The minimum Gasteiger partial charge on any atom is -0.486 e. The van der Waals surface area contributed by atoms with Crippen LogP contribution >= 0.6 is 11.3 Å². The molecule has 1 N–H and O–H groups in total. The number of piperidine rings is 1. The van der Waals surface area contributed by atoms with Gasteiger partial charge < -0.3 is 14.7 Å². The third-order valence-electron chi connectivity index (χ3n) is 4.79. The van der Waals surface area contributed by atoms with E-state index in [0.29, 0.717) is 31.2 Å². The number of carbonyl (C=O) groups is 2. The number of aryl methyl sites for hydroxylation is 1. The molecule has 6 nitrogen and oxygen atoms in total. The van der Waals surface area contributed by atoms with Gasteiger partial charge in [-0.05, 0) is 37.8 Å². The number of thiazole rings is 1. The van der Waals surface area contributed by atoms with Gasteiger partial charge in [0.05, 0.1) is 12.1 Å². The number of rotatable bonds is 6. The molecule has 2 aromatic rings. The summed E-state index contributed by atoms with van der Waals surface area (Å²) in [4.78, 5) is 30.0. The van der Waals surface area contributed by atoms with Crippen molar-refractivity contribution < 1.29 is 19.4 Å². The van der Waals surface area contributed by atoms with E-state index in [-0.39, 0.29) is 12.3 Å². The Labute approximate surface area is 162 Å². The average Bonchev–Trinajstić information content (AvgIpc) is 3.08. The number of likely N-dealkylation sites (tertiary alicyclic amines) is 1. The van der Waals surface area contributed by atoms with Crippen molar-refractivity contribution in [2.24, 2.45) is 5.92 Å². The summed E-state index contributed by atoms with van der Waals surface area (Å²) >= 11 is 1.44. The van der Waals surface area contributed by atoms with Gasteiger partial charge in [-0.1, -0.05) is 24.6 Å². The topological polar surface area (TPSA) is 79.7 Å². The number of hydrogen-bond donors (Lipinski definition) is 1. The van der Waals surface area contributed by atoms with E-state index >= 15 is 0 Å². The fourth-order valence-corrected chi connectivity index (χ4v) is 3.91. The van der Waals surface area contributed by atoms with Crippen LogP contribution in [-0.4, -0.2) is 39.5 Å². The number of ether oxygens (including phenoxy) is 1. The molecule has 1 fully saturated rings. The number of amides is 1. The van der Waals surface area contributed by atoms with Crippen molar-refractivity contribution in [1.82, 2.24) is 9.88 Å². The van der Waals surface area contributed by atoms with E-state index in [4.69, 9.17) is 4.74 Å². The van der Waals surface area contributed by atoms with Crippen molar-refractivity contribution in [3.8, 4) is 5.75 Å². The lowest BCUT2D eigenvalue weighted by Crippen LogP contribution is -2.50. The molecule has 1 aromatic heterocycles. The van der Waals surface area contributed by atoms with Crippen molar-refractivity contribution in [2.75, 3.05) is 6.54 Å². The third kappa shape index (κ3) is 5.07. The monoisotopic (exact) mass is 388 g/mol. The zero-order valence-corrected chi connectivity index (χ0v) is 16.4. The molecule has 2 heterocycles. The Morgan fingerprint density at radius 1 is 1.33 bits per heavy atom. The van der Waals surface area contributed by atoms with E-state index in [1.54, 1.807) is 0 Å². The van der Waals surface area contributed by atoms with E-state index in [0.717, 1.165) is 17.2 Å². The molecule has 3 rings (SSSR count). The molecule has 2 atom stereocenters. The van der Waals surface area contributed by atoms with Crippen molar-refractivity contribution in [1.29, 1.82) is 0 Å². The molecule has 0 radical (unpaired) electrons. The van der Waals surface area contributed by atoms with Gasteiger partial charge in [0.15, 0.2) is 0 Å². The third-order valence-corrected chi connectivity index (χ3v) is 5.66. The van der Waals surface area contributed by atoms with Crippen LogP contribution in [0.15, 0.2) is 29.6 Å². The molecule has 0 spiro atoms. The van der Waals surface area contributed by atoms with Crippen LogP contribution in [0.25, 0.3) is 0 Å². The number of carbonyl (C=O) groups excluding carboxylic acids is 1. The Bertz CT molecular complexity index is 803. The molecular formula is C20H24N2O4S. The summed E-state index contributed by atoms with van der Waals surface area (Å²) in [6.45, 7) is 4.88. The lowest BCUT2D eigenvalue weighted by molar-refractivity contribution is -0.152. The number of aromatic nitrogens is 1. The second-order valence-corrected chi connectivity index (χ2v) is 8.02. The molecular weight excluding hydrogens is 364 g/mol. The van der Waals surface area contributed by atoms with Crippen molar-refractivity contribution >= 4 is 23.2 Å². The molecule has 1 saturated heterocycles. The maximum absolute atomic E-state index is 12.6. The summed E-state index contributed by atoms with van der Waals surface area (Å²) in [5.41, 5.74) is 1.83. The van der Waals surface area contributed by atoms with Gasteiger partial charge in [-0.3, -0.25) is 4.79 Å². The largest absolute Gasteiger partial charge is 0.486 e. The minimum absolute atomic E-state index is 0.124. The number of benzene rings is 1. The quantitative estimate of drug-likeness (QED) is 0.821. The summed E-state index contributed by atoms with van der Waals surface area (Å²) in [6, 6.07) is 7.07. The van der Waals surface area contributed by atoms with Gasteiger partial charge in [0, 0.05) is 11.9 Å². The SMILES string of the molecule is Cc1ccc(OCc2nc(CC(=O)N3CCC(C)CC3C(=O)O)cs2)cc1. The molecule has 144 valence electrons. The average molecular weight is 388 g/mol. The first-order valence-corrected chi connectivity index (χ1v) is 9.95. The highest BCUT2D eigenvalue weighted by Gasteiger charge is 2.34. The second-order valence-electron chi connectivity index (χ2n) is 7.08. The van der Waals surface area contributed by atoms with Crippen LogP contribution in [0.4, 0.5) is 0 Å². The Kier molecular flexibility index (Phi) is 6.11. The fourth-order valence-electron chi connectivity index (χ4n) is 3.21. The lowest BCUT2D eigenvalue weighted by Gasteiger charge is -2.35. The molecule has 27 heavy (non-hydrogen) atoms. The number of carboxylic acid groups (broad SMARTS) is 1. The minimum atomic E-state index is -0.930. The van der Waals surface area contributed by atoms with Crippen LogP contribution in [0, 0.1) is 12.8 Å². The molecule has 0 aliphatic carbocycles. The lowest BCUT2D eigenvalue weighted by atomic mass is 9.92. The standard InChI is InChI=1S/C20H24N2O4S/c1-13-3-5-16(6-4-13)26-11-18-21-15(12-27-18)10-19(23)22-8-7-14(2)9-17(22)20(24)25/h3-6,12,14,17H,7-11H2,1-2H3,(H,24,25). The van der Waals surface area contributed by atoms with E-state index in [1.165, 1.54) is 21.8 Å².